The first kappa shape index (κ1) is 18.5. The number of benzene rings is 1. The van der Waals surface area contributed by atoms with Crippen LogP contribution < -0.4 is 10.6 Å². The van der Waals surface area contributed by atoms with Crippen LogP contribution in [-0.4, -0.2) is 28.0 Å². The minimum absolute atomic E-state index is 0.154. The average molecular weight is 412 g/mol. The molecule has 1 aromatic carbocycles. The van der Waals surface area contributed by atoms with Crippen LogP contribution in [0.25, 0.3) is 0 Å². The molecule has 1 atom stereocenters. The SMILES string of the molecule is Cc1cc(NC(=O)[C@@H](C)SCC(=O)Nc2ccc(Br)c(C)c2)no1. The maximum absolute atomic E-state index is 12.0. The highest BCUT2D eigenvalue weighted by Gasteiger charge is 2.17. The van der Waals surface area contributed by atoms with Gasteiger partial charge in [0, 0.05) is 16.2 Å². The van der Waals surface area contributed by atoms with E-state index in [4.69, 9.17) is 4.52 Å². The molecule has 0 bridgehead atoms. The average Bonchev–Trinajstić information content (AvgIpc) is 2.93. The Kier molecular flexibility index (Phi) is 6.44. The number of aromatic nitrogens is 1. The minimum Gasteiger partial charge on any atom is -0.360 e. The van der Waals surface area contributed by atoms with Crippen LogP contribution in [0.2, 0.25) is 0 Å². The summed E-state index contributed by atoms with van der Waals surface area (Å²) in [6.07, 6.45) is 0. The molecule has 128 valence electrons. The van der Waals surface area contributed by atoms with Gasteiger partial charge in [-0.05, 0) is 44.5 Å². The first-order chi connectivity index (χ1) is 11.3. The molecule has 2 amide bonds. The van der Waals surface area contributed by atoms with Crippen LogP contribution in [0, 0.1) is 13.8 Å². The van der Waals surface area contributed by atoms with Gasteiger partial charge in [-0.15, -0.1) is 11.8 Å². The van der Waals surface area contributed by atoms with Crippen molar-refractivity contribution in [1.29, 1.82) is 0 Å². The van der Waals surface area contributed by atoms with Crippen molar-refractivity contribution >= 4 is 51.0 Å². The molecular formula is C16H18BrN3O3S. The van der Waals surface area contributed by atoms with Gasteiger partial charge in [-0.1, -0.05) is 21.1 Å². The number of nitrogens with zero attached hydrogens (tertiary/aromatic N) is 1. The smallest absolute Gasteiger partial charge is 0.238 e. The molecule has 24 heavy (non-hydrogen) atoms. The number of hydrogen-bond acceptors (Lipinski definition) is 5. The van der Waals surface area contributed by atoms with Crippen LogP contribution in [0.3, 0.4) is 0 Å². The van der Waals surface area contributed by atoms with Crippen molar-refractivity contribution in [2.75, 3.05) is 16.4 Å². The zero-order valence-electron chi connectivity index (χ0n) is 13.6. The molecule has 6 nitrogen and oxygen atoms in total. The lowest BCUT2D eigenvalue weighted by Crippen LogP contribution is -2.25. The van der Waals surface area contributed by atoms with Gasteiger partial charge in [0.1, 0.15) is 5.76 Å². The van der Waals surface area contributed by atoms with Gasteiger partial charge in [-0.3, -0.25) is 9.59 Å². The summed E-state index contributed by atoms with van der Waals surface area (Å²) in [5.74, 6) is 0.801. The molecule has 1 heterocycles. The standard InChI is InChI=1S/C16H18BrN3O3S/c1-9-6-12(4-5-13(9)17)18-15(21)8-24-11(3)16(22)19-14-7-10(2)23-20-14/h4-7,11H,8H2,1-3H3,(H,18,21)(H,19,20,22)/t11-/m1/s1. The van der Waals surface area contributed by atoms with Crippen molar-refractivity contribution in [2.24, 2.45) is 0 Å². The lowest BCUT2D eigenvalue weighted by molar-refractivity contribution is -0.115. The first-order valence-corrected chi connectivity index (χ1v) is 9.11. The van der Waals surface area contributed by atoms with Crippen molar-refractivity contribution in [3.05, 3.63) is 40.1 Å². The highest BCUT2D eigenvalue weighted by atomic mass is 79.9. The van der Waals surface area contributed by atoms with Crippen LogP contribution in [0.4, 0.5) is 11.5 Å². The van der Waals surface area contributed by atoms with Crippen molar-refractivity contribution in [3.8, 4) is 0 Å². The molecular weight excluding hydrogens is 394 g/mol. The van der Waals surface area contributed by atoms with E-state index in [1.807, 2.05) is 25.1 Å². The molecule has 0 spiro atoms. The fourth-order valence-electron chi connectivity index (χ4n) is 1.85. The second-order valence-corrected chi connectivity index (χ2v) is 7.46. The van der Waals surface area contributed by atoms with Gasteiger partial charge in [0.25, 0.3) is 0 Å². The second kappa shape index (κ2) is 8.34. The van der Waals surface area contributed by atoms with Crippen molar-refractivity contribution in [3.63, 3.8) is 0 Å². The van der Waals surface area contributed by atoms with Gasteiger partial charge in [0.05, 0.1) is 11.0 Å². The molecule has 1 aromatic heterocycles. The van der Waals surface area contributed by atoms with Crippen LogP contribution in [0.5, 0.6) is 0 Å². The third kappa shape index (κ3) is 5.38. The zero-order chi connectivity index (χ0) is 17.7. The molecule has 2 N–H and O–H groups in total. The highest BCUT2D eigenvalue weighted by Crippen LogP contribution is 2.20. The predicted octanol–water partition coefficient (Wildman–Crippen LogP) is 3.75. The maximum Gasteiger partial charge on any atom is 0.238 e. The first-order valence-electron chi connectivity index (χ1n) is 7.27. The molecule has 0 unspecified atom stereocenters. The summed E-state index contributed by atoms with van der Waals surface area (Å²) < 4.78 is 5.88. The monoisotopic (exact) mass is 411 g/mol. The molecule has 0 saturated heterocycles. The Morgan fingerprint density at radius 2 is 2.04 bits per heavy atom. The van der Waals surface area contributed by atoms with Crippen LogP contribution in [0.1, 0.15) is 18.2 Å². The van der Waals surface area contributed by atoms with E-state index >= 15 is 0 Å². The van der Waals surface area contributed by atoms with E-state index in [0.717, 1.165) is 15.7 Å². The summed E-state index contributed by atoms with van der Waals surface area (Å²) in [7, 11) is 0. The Morgan fingerprint density at radius 1 is 1.29 bits per heavy atom. The Balaban J connectivity index is 1.79. The summed E-state index contributed by atoms with van der Waals surface area (Å²) in [6, 6.07) is 7.23. The number of hydrogen-bond donors (Lipinski definition) is 2. The third-order valence-electron chi connectivity index (χ3n) is 3.15. The normalized spacial score (nSPS) is 11.8. The Labute approximate surface area is 152 Å². The summed E-state index contributed by atoms with van der Waals surface area (Å²) in [6.45, 7) is 5.44. The second-order valence-electron chi connectivity index (χ2n) is 5.28. The Bertz CT molecular complexity index is 748. The Morgan fingerprint density at radius 3 is 2.67 bits per heavy atom. The largest absolute Gasteiger partial charge is 0.360 e. The van der Waals surface area contributed by atoms with Crippen molar-refractivity contribution in [1.82, 2.24) is 5.16 Å². The molecule has 0 aliphatic rings. The molecule has 8 heteroatoms. The maximum atomic E-state index is 12.0. The molecule has 0 saturated carbocycles. The minimum atomic E-state index is -0.389. The van der Waals surface area contributed by atoms with E-state index in [9.17, 15) is 9.59 Å². The zero-order valence-corrected chi connectivity index (χ0v) is 16.0. The quantitative estimate of drug-likeness (QED) is 0.755. The van der Waals surface area contributed by atoms with Crippen LogP contribution in [0.15, 0.2) is 33.3 Å². The lowest BCUT2D eigenvalue weighted by atomic mass is 10.2. The van der Waals surface area contributed by atoms with E-state index in [1.165, 1.54) is 11.8 Å². The fourth-order valence-corrected chi connectivity index (χ4v) is 2.78. The Hall–Kier alpha value is -1.80. The van der Waals surface area contributed by atoms with Gasteiger partial charge in [-0.2, -0.15) is 0 Å². The fraction of sp³-hybridized carbons (Fsp3) is 0.312. The number of aryl methyl sites for hydroxylation is 2. The van der Waals surface area contributed by atoms with Crippen molar-refractivity contribution < 1.29 is 14.1 Å². The van der Waals surface area contributed by atoms with Gasteiger partial charge in [-0.25, -0.2) is 0 Å². The van der Waals surface area contributed by atoms with E-state index < -0.39 is 0 Å². The lowest BCUT2D eigenvalue weighted by Gasteiger charge is -2.11. The number of anilines is 2. The molecule has 0 aliphatic carbocycles. The molecule has 2 aromatic rings. The van der Waals surface area contributed by atoms with Crippen molar-refractivity contribution in [2.45, 2.75) is 26.0 Å². The van der Waals surface area contributed by atoms with Gasteiger partial charge in [0.15, 0.2) is 5.82 Å². The van der Waals surface area contributed by atoms with Gasteiger partial charge in [0.2, 0.25) is 11.8 Å². The number of carbonyl (C=O) groups excluding carboxylic acids is 2. The van der Waals surface area contributed by atoms with E-state index in [1.54, 1.807) is 19.9 Å². The molecule has 0 radical (unpaired) electrons. The molecule has 2 rings (SSSR count). The van der Waals surface area contributed by atoms with Gasteiger partial charge < -0.3 is 15.2 Å². The van der Waals surface area contributed by atoms with Gasteiger partial charge >= 0.3 is 0 Å². The van der Waals surface area contributed by atoms with Crippen LogP contribution in [-0.2, 0) is 9.59 Å². The highest BCUT2D eigenvalue weighted by molar-refractivity contribution is 9.10. The number of amides is 2. The summed E-state index contributed by atoms with van der Waals surface area (Å²) in [5.41, 5.74) is 1.77. The summed E-state index contributed by atoms with van der Waals surface area (Å²) >= 11 is 4.67. The van der Waals surface area contributed by atoms with Crippen LogP contribution >= 0.6 is 27.7 Å². The number of thioether (sulfide) groups is 1. The van der Waals surface area contributed by atoms with E-state index in [0.29, 0.717) is 11.6 Å². The predicted molar refractivity (Wildman–Crippen MR) is 99.3 cm³/mol. The molecule has 0 aliphatic heterocycles. The third-order valence-corrected chi connectivity index (χ3v) is 5.19. The number of carbonyl (C=O) groups is 2. The summed E-state index contributed by atoms with van der Waals surface area (Å²) in [5, 5.41) is 8.78. The molecule has 0 fully saturated rings. The number of halogens is 1. The topological polar surface area (TPSA) is 84.2 Å². The number of rotatable bonds is 6. The summed E-state index contributed by atoms with van der Waals surface area (Å²) in [4.78, 5) is 24.0. The van der Waals surface area contributed by atoms with E-state index in [2.05, 4.69) is 31.7 Å². The van der Waals surface area contributed by atoms with E-state index in [-0.39, 0.29) is 22.8 Å². The number of nitrogens with one attached hydrogen (secondary N) is 2.